The Balaban J connectivity index is 1.84. The van der Waals surface area contributed by atoms with Gasteiger partial charge < -0.3 is 10.6 Å². The molecule has 3 N–H and O–H groups in total. The SMILES string of the molecule is Cc1cccc(NC(=O)C[NH2+][C@@H](C)c2ccc(Cl)cc2)c1. The molecule has 2 aromatic carbocycles. The molecule has 0 aromatic heterocycles. The van der Waals surface area contributed by atoms with Gasteiger partial charge in [0.05, 0.1) is 0 Å². The maximum Gasteiger partial charge on any atom is 0.279 e. The number of benzene rings is 2. The van der Waals surface area contributed by atoms with Gasteiger partial charge in [0.2, 0.25) is 0 Å². The van der Waals surface area contributed by atoms with Crippen LogP contribution in [0.5, 0.6) is 0 Å². The highest BCUT2D eigenvalue weighted by atomic mass is 35.5. The van der Waals surface area contributed by atoms with Crippen LogP contribution in [0.2, 0.25) is 5.02 Å². The second kappa shape index (κ2) is 7.25. The van der Waals surface area contributed by atoms with Crippen molar-refractivity contribution in [2.45, 2.75) is 19.9 Å². The van der Waals surface area contributed by atoms with Gasteiger partial charge in [-0.2, -0.15) is 0 Å². The van der Waals surface area contributed by atoms with E-state index in [1.165, 1.54) is 0 Å². The quantitative estimate of drug-likeness (QED) is 0.876. The van der Waals surface area contributed by atoms with Crippen molar-refractivity contribution in [3.05, 3.63) is 64.7 Å². The molecule has 0 spiro atoms. The number of nitrogens with one attached hydrogen (secondary N) is 1. The molecule has 0 bridgehead atoms. The fourth-order valence-electron chi connectivity index (χ4n) is 2.12. The van der Waals surface area contributed by atoms with E-state index in [0.29, 0.717) is 6.54 Å². The first-order chi connectivity index (χ1) is 10.0. The second-order valence-electron chi connectivity index (χ2n) is 5.20. The van der Waals surface area contributed by atoms with Crippen molar-refractivity contribution in [3.63, 3.8) is 0 Å². The lowest BCUT2D eigenvalue weighted by molar-refractivity contribution is -0.682. The van der Waals surface area contributed by atoms with Crippen molar-refractivity contribution in [1.29, 1.82) is 0 Å². The number of halogens is 1. The Kier molecular flexibility index (Phi) is 5.37. The Morgan fingerprint density at radius 3 is 2.62 bits per heavy atom. The second-order valence-corrected chi connectivity index (χ2v) is 5.63. The van der Waals surface area contributed by atoms with Crippen LogP contribution < -0.4 is 10.6 Å². The normalized spacial score (nSPS) is 12.0. The summed E-state index contributed by atoms with van der Waals surface area (Å²) in [5.74, 6) is 0.00131. The molecular formula is C17H20ClN2O+. The van der Waals surface area contributed by atoms with Crippen LogP contribution >= 0.6 is 11.6 Å². The van der Waals surface area contributed by atoms with E-state index in [9.17, 15) is 4.79 Å². The number of hydrogen-bond donors (Lipinski definition) is 2. The molecule has 0 heterocycles. The number of quaternary nitrogens is 1. The minimum Gasteiger partial charge on any atom is -0.333 e. The van der Waals surface area contributed by atoms with Crippen molar-refractivity contribution in [2.24, 2.45) is 0 Å². The van der Waals surface area contributed by atoms with E-state index in [1.54, 1.807) is 0 Å². The van der Waals surface area contributed by atoms with E-state index in [-0.39, 0.29) is 11.9 Å². The average molecular weight is 304 g/mol. The summed E-state index contributed by atoms with van der Waals surface area (Å²) in [6, 6.07) is 15.7. The summed E-state index contributed by atoms with van der Waals surface area (Å²) < 4.78 is 0. The summed E-state index contributed by atoms with van der Waals surface area (Å²) in [6.45, 7) is 4.46. The number of aryl methyl sites for hydroxylation is 1. The van der Waals surface area contributed by atoms with Crippen LogP contribution in [0.3, 0.4) is 0 Å². The molecule has 0 radical (unpaired) electrons. The number of hydrogen-bond acceptors (Lipinski definition) is 1. The van der Waals surface area contributed by atoms with Crippen LogP contribution in [0.4, 0.5) is 5.69 Å². The lowest BCUT2D eigenvalue weighted by Crippen LogP contribution is -2.86. The summed E-state index contributed by atoms with van der Waals surface area (Å²) in [6.07, 6.45) is 0. The van der Waals surface area contributed by atoms with E-state index in [2.05, 4.69) is 12.2 Å². The molecule has 0 saturated heterocycles. The van der Waals surface area contributed by atoms with Gasteiger partial charge in [-0.1, -0.05) is 35.9 Å². The van der Waals surface area contributed by atoms with E-state index < -0.39 is 0 Å². The van der Waals surface area contributed by atoms with E-state index >= 15 is 0 Å². The van der Waals surface area contributed by atoms with E-state index in [1.807, 2.05) is 60.8 Å². The third kappa shape index (κ3) is 4.88. The summed E-state index contributed by atoms with van der Waals surface area (Å²) in [5, 5.41) is 5.64. The Hall–Kier alpha value is -1.84. The molecule has 0 saturated carbocycles. The number of carbonyl (C=O) groups is 1. The highest BCUT2D eigenvalue weighted by Gasteiger charge is 2.11. The minimum atomic E-state index is 0.00131. The Bertz CT molecular complexity index is 610. The molecule has 2 rings (SSSR count). The highest BCUT2D eigenvalue weighted by molar-refractivity contribution is 6.30. The van der Waals surface area contributed by atoms with Gasteiger partial charge in [-0.15, -0.1) is 0 Å². The number of nitrogens with two attached hydrogens (primary N) is 1. The van der Waals surface area contributed by atoms with Crippen molar-refractivity contribution in [3.8, 4) is 0 Å². The van der Waals surface area contributed by atoms with Crippen LogP contribution in [-0.2, 0) is 4.79 Å². The van der Waals surface area contributed by atoms with Gasteiger partial charge in [0.25, 0.3) is 5.91 Å². The van der Waals surface area contributed by atoms with Crippen molar-refractivity contribution in [1.82, 2.24) is 0 Å². The predicted molar refractivity (Wildman–Crippen MR) is 86.5 cm³/mol. The van der Waals surface area contributed by atoms with Gasteiger partial charge in [-0.25, -0.2) is 0 Å². The Labute approximate surface area is 130 Å². The molecule has 4 heteroatoms. The lowest BCUT2D eigenvalue weighted by atomic mass is 10.1. The largest absolute Gasteiger partial charge is 0.333 e. The molecule has 0 aliphatic heterocycles. The first-order valence-electron chi connectivity index (χ1n) is 7.00. The zero-order valence-electron chi connectivity index (χ0n) is 12.3. The predicted octanol–water partition coefficient (Wildman–Crippen LogP) is 2.91. The third-order valence-electron chi connectivity index (χ3n) is 3.35. The number of amides is 1. The first kappa shape index (κ1) is 15.5. The molecule has 1 atom stereocenters. The molecule has 2 aromatic rings. The van der Waals surface area contributed by atoms with E-state index in [4.69, 9.17) is 11.6 Å². The van der Waals surface area contributed by atoms with Crippen LogP contribution in [0.1, 0.15) is 24.1 Å². The highest BCUT2D eigenvalue weighted by Crippen LogP contribution is 2.13. The molecule has 0 unspecified atom stereocenters. The monoisotopic (exact) mass is 303 g/mol. The number of carbonyl (C=O) groups excluding carboxylic acids is 1. The molecule has 0 fully saturated rings. The van der Waals surface area contributed by atoms with Gasteiger partial charge in [-0.05, 0) is 43.7 Å². The van der Waals surface area contributed by atoms with Crippen LogP contribution in [-0.4, -0.2) is 12.5 Å². The summed E-state index contributed by atoms with van der Waals surface area (Å²) in [7, 11) is 0. The zero-order valence-corrected chi connectivity index (χ0v) is 13.0. The maximum absolute atomic E-state index is 12.0. The number of rotatable bonds is 5. The third-order valence-corrected chi connectivity index (χ3v) is 3.61. The van der Waals surface area contributed by atoms with Gasteiger partial charge in [0, 0.05) is 16.3 Å². The van der Waals surface area contributed by atoms with Crippen LogP contribution in [0.25, 0.3) is 0 Å². The topological polar surface area (TPSA) is 45.7 Å². The molecule has 21 heavy (non-hydrogen) atoms. The molecule has 3 nitrogen and oxygen atoms in total. The smallest absolute Gasteiger partial charge is 0.279 e. The van der Waals surface area contributed by atoms with Crippen molar-refractivity contribution < 1.29 is 10.1 Å². The van der Waals surface area contributed by atoms with E-state index in [0.717, 1.165) is 21.8 Å². The molecule has 0 aliphatic carbocycles. The summed E-state index contributed by atoms with van der Waals surface area (Å²) in [5.41, 5.74) is 3.13. The fraction of sp³-hybridized carbons (Fsp3) is 0.235. The summed E-state index contributed by atoms with van der Waals surface area (Å²) >= 11 is 5.87. The van der Waals surface area contributed by atoms with Gasteiger partial charge in [0.1, 0.15) is 6.04 Å². The molecular weight excluding hydrogens is 284 g/mol. The Morgan fingerprint density at radius 2 is 1.95 bits per heavy atom. The molecule has 0 aliphatic rings. The van der Waals surface area contributed by atoms with Crippen molar-refractivity contribution in [2.75, 3.05) is 11.9 Å². The maximum atomic E-state index is 12.0. The van der Waals surface area contributed by atoms with Crippen LogP contribution in [0.15, 0.2) is 48.5 Å². The molecule has 110 valence electrons. The number of anilines is 1. The standard InChI is InChI=1S/C17H19ClN2O/c1-12-4-3-5-16(10-12)20-17(21)11-19-13(2)14-6-8-15(18)9-7-14/h3-10,13,19H,11H2,1-2H3,(H,20,21)/p+1/t13-/m0/s1. The average Bonchev–Trinajstić information content (AvgIpc) is 2.45. The lowest BCUT2D eigenvalue weighted by Gasteiger charge is -2.11. The fourth-order valence-corrected chi connectivity index (χ4v) is 2.25. The van der Waals surface area contributed by atoms with Crippen molar-refractivity contribution >= 4 is 23.2 Å². The van der Waals surface area contributed by atoms with Gasteiger partial charge in [0.15, 0.2) is 6.54 Å². The first-order valence-corrected chi connectivity index (χ1v) is 7.37. The summed E-state index contributed by atoms with van der Waals surface area (Å²) in [4.78, 5) is 12.0. The minimum absolute atomic E-state index is 0.00131. The van der Waals surface area contributed by atoms with Gasteiger partial charge >= 0.3 is 0 Å². The van der Waals surface area contributed by atoms with Crippen LogP contribution in [0, 0.1) is 6.92 Å². The van der Waals surface area contributed by atoms with Gasteiger partial charge in [-0.3, -0.25) is 4.79 Å². The zero-order chi connectivity index (χ0) is 15.2. The Morgan fingerprint density at radius 1 is 1.24 bits per heavy atom. The molecule has 1 amide bonds.